The van der Waals surface area contributed by atoms with E-state index in [-0.39, 0.29) is 6.03 Å². The van der Waals surface area contributed by atoms with Crippen molar-refractivity contribution in [1.82, 2.24) is 4.98 Å². The summed E-state index contributed by atoms with van der Waals surface area (Å²) in [6.45, 7) is 0. The van der Waals surface area contributed by atoms with Crippen molar-refractivity contribution in [2.75, 3.05) is 10.6 Å². The van der Waals surface area contributed by atoms with Gasteiger partial charge in [0.15, 0.2) is 5.13 Å². The van der Waals surface area contributed by atoms with E-state index >= 15 is 0 Å². The lowest BCUT2D eigenvalue weighted by molar-refractivity contribution is 0.262. The maximum absolute atomic E-state index is 11.9. The summed E-state index contributed by atoms with van der Waals surface area (Å²) in [5.74, 6) is 0. The van der Waals surface area contributed by atoms with Crippen molar-refractivity contribution in [1.29, 1.82) is 5.26 Å². The Morgan fingerprint density at radius 3 is 2.48 bits per heavy atom. The molecule has 0 unspecified atom stereocenters. The van der Waals surface area contributed by atoms with Crippen LogP contribution in [0.2, 0.25) is 0 Å². The number of rotatable bonds is 3. The van der Waals surface area contributed by atoms with Gasteiger partial charge in [-0.05, 0) is 24.3 Å². The number of benzene rings is 2. The van der Waals surface area contributed by atoms with Crippen molar-refractivity contribution in [3.63, 3.8) is 0 Å². The van der Waals surface area contributed by atoms with Crippen LogP contribution in [0.1, 0.15) is 5.56 Å². The molecule has 23 heavy (non-hydrogen) atoms. The number of aromatic nitrogens is 1. The van der Waals surface area contributed by atoms with Gasteiger partial charge in [0.05, 0.1) is 17.3 Å². The van der Waals surface area contributed by atoms with Gasteiger partial charge in [-0.1, -0.05) is 30.3 Å². The number of nitriles is 1. The average Bonchev–Trinajstić information content (AvgIpc) is 3.04. The van der Waals surface area contributed by atoms with Crippen molar-refractivity contribution < 1.29 is 4.79 Å². The van der Waals surface area contributed by atoms with E-state index in [1.54, 1.807) is 12.1 Å². The molecule has 0 aliphatic carbocycles. The van der Waals surface area contributed by atoms with Crippen molar-refractivity contribution in [3.05, 3.63) is 65.5 Å². The van der Waals surface area contributed by atoms with Gasteiger partial charge >= 0.3 is 6.03 Å². The van der Waals surface area contributed by atoms with E-state index in [9.17, 15) is 4.79 Å². The van der Waals surface area contributed by atoms with E-state index in [1.807, 2.05) is 47.8 Å². The number of nitrogens with zero attached hydrogens (tertiary/aromatic N) is 2. The monoisotopic (exact) mass is 320 g/mol. The van der Waals surface area contributed by atoms with Crippen LogP contribution in [0.25, 0.3) is 11.3 Å². The van der Waals surface area contributed by atoms with Gasteiger partial charge in [-0.25, -0.2) is 9.78 Å². The predicted octanol–water partition coefficient (Wildman–Crippen LogP) is 4.33. The minimum absolute atomic E-state index is 0.336. The Kier molecular flexibility index (Phi) is 4.32. The second-order valence-electron chi connectivity index (χ2n) is 4.67. The van der Waals surface area contributed by atoms with E-state index in [2.05, 4.69) is 21.7 Å². The topological polar surface area (TPSA) is 77.8 Å². The zero-order chi connectivity index (χ0) is 16.1. The Morgan fingerprint density at radius 1 is 1.04 bits per heavy atom. The molecule has 0 fully saturated rings. The van der Waals surface area contributed by atoms with Gasteiger partial charge in [-0.15, -0.1) is 11.3 Å². The van der Waals surface area contributed by atoms with Crippen molar-refractivity contribution in [2.24, 2.45) is 0 Å². The van der Waals surface area contributed by atoms with Crippen LogP contribution in [0.3, 0.4) is 0 Å². The summed E-state index contributed by atoms with van der Waals surface area (Å²) in [5.41, 5.74) is 2.98. The highest BCUT2D eigenvalue weighted by atomic mass is 32.1. The normalized spacial score (nSPS) is 9.87. The van der Waals surface area contributed by atoms with Crippen LogP contribution >= 0.6 is 11.3 Å². The first-order chi connectivity index (χ1) is 11.2. The summed E-state index contributed by atoms with van der Waals surface area (Å²) in [4.78, 5) is 16.3. The third-order valence-electron chi connectivity index (χ3n) is 3.07. The van der Waals surface area contributed by atoms with Crippen molar-refractivity contribution in [3.8, 4) is 17.3 Å². The molecular weight excluding hydrogens is 308 g/mol. The molecule has 3 rings (SSSR count). The Balaban J connectivity index is 1.67. The molecule has 112 valence electrons. The molecule has 6 heteroatoms. The minimum Gasteiger partial charge on any atom is -0.308 e. The number of hydrogen-bond acceptors (Lipinski definition) is 4. The predicted molar refractivity (Wildman–Crippen MR) is 91.3 cm³/mol. The number of carbonyl (C=O) groups excluding carboxylic acids is 1. The second-order valence-corrected chi connectivity index (χ2v) is 5.53. The smallest absolute Gasteiger partial charge is 0.308 e. The van der Waals surface area contributed by atoms with E-state index < -0.39 is 0 Å². The summed E-state index contributed by atoms with van der Waals surface area (Å²) >= 11 is 1.35. The molecule has 1 heterocycles. The lowest BCUT2D eigenvalue weighted by Crippen LogP contribution is -2.19. The lowest BCUT2D eigenvalue weighted by atomic mass is 10.1. The number of hydrogen-bond donors (Lipinski definition) is 2. The number of amides is 2. The fraction of sp³-hybridized carbons (Fsp3) is 0. The van der Waals surface area contributed by atoms with Gasteiger partial charge in [0.1, 0.15) is 0 Å². The molecule has 3 aromatic rings. The number of nitrogens with one attached hydrogen (secondary N) is 2. The molecule has 2 amide bonds. The fourth-order valence-corrected chi connectivity index (χ4v) is 2.67. The summed E-state index contributed by atoms with van der Waals surface area (Å²) in [6, 6.07) is 18.1. The molecule has 0 saturated heterocycles. The Labute approximate surface area is 137 Å². The summed E-state index contributed by atoms with van der Waals surface area (Å²) in [5, 5.41) is 16.6. The van der Waals surface area contributed by atoms with E-state index in [0.29, 0.717) is 16.4 Å². The van der Waals surface area contributed by atoms with Crippen molar-refractivity contribution >= 4 is 28.2 Å². The van der Waals surface area contributed by atoms with Crippen LogP contribution in [0.4, 0.5) is 15.6 Å². The van der Waals surface area contributed by atoms with Crippen molar-refractivity contribution in [2.45, 2.75) is 0 Å². The first kappa shape index (κ1) is 14.8. The van der Waals surface area contributed by atoms with Gasteiger partial charge in [0.2, 0.25) is 0 Å². The highest BCUT2D eigenvalue weighted by Gasteiger charge is 2.08. The standard InChI is InChI=1S/C17H12N4OS/c18-10-12-6-8-13(9-7-12)15-11-23-17(20-15)21-16(22)19-14-4-2-1-3-5-14/h1-9,11H,(H2,19,20,21,22). The number of thiazole rings is 1. The van der Waals surface area contributed by atoms with Gasteiger partial charge in [0, 0.05) is 16.6 Å². The maximum Gasteiger partial charge on any atom is 0.325 e. The quantitative estimate of drug-likeness (QED) is 0.754. The third kappa shape index (κ3) is 3.73. The molecule has 0 bridgehead atoms. The molecule has 0 radical (unpaired) electrons. The van der Waals surface area contributed by atoms with E-state index in [4.69, 9.17) is 5.26 Å². The molecule has 0 spiro atoms. The largest absolute Gasteiger partial charge is 0.325 e. The summed E-state index contributed by atoms with van der Waals surface area (Å²) < 4.78 is 0. The number of urea groups is 1. The average molecular weight is 320 g/mol. The Bertz CT molecular complexity index is 850. The summed E-state index contributed by atoms with van der Waals surface area (Å²) in [6.07, 6.45) is 0. The Morgan fingerprint density at radius 2 is 1.78 bits per heavy atom. The van der Waals surface area contributed by atoms with Crippen LogP contribution in [0.5, 0.6) is 0 Å². The van der Waals surface area contributed by atoms with E-state index in [0.717, 1.165) is 11.3 Å². The number of para-hydroxylation sites is 1. The molecule has 2 N–H and O–H groups in total. The number of anilines is 2. The molecule has 5 nitrogen and oxygen atoms in total. The molecule has 0 aliphatic heterocycles. The molecule has 0 atom stereocenters. The fourth-order valence-electron chi connectivity index (χ4n) is 1.96. The van der Waals surface area contributed by atoms with Gasteiger partial charge in [0.25, 0.3) is 0 Å². The molecule has 0 saturated carbocycles. The maximum atomic E-state index is 11.9. The lowest BCUT2D eigenvalue weighted by Gasteiger charge is -2.04. The second kappa shape index (κ2) is 6.73. The zero-order valence-corrected chi connectivity index (χ0v) is 12.8. The SMILES string of the molecule is N#Cc1ccc(-c2csc(NC(=O)Nc3ccccc3)n2)cc1. The molecule has 1 aromatic heterocycles. The zero-order valence-electron chi connectivity index (χ0n) is 12.0. The molecule has 2 aromatic carbocycles. The highest BCUT2D eigenvalue weighted by molar-refractivity contribution is 7.14. The highest BCUT2D eigenvalue weighted by Crippen LogP contribution is 2.25. The summed E-state index contributed by atoms with van der Waals surface area (Å²) in [7, 11) is 0. The van der Waals surface area contributed by atoms with Crippen LogP contribution in [-0.4, -0.2) is 11.0 Å². The van der Waals surface area contributed by atoms with E-state index in [1.165, 1.54) is 11.3 Å². The van der Waals surface area contributed by atoms with Crippen LogP contribution in [0, 0.1) is 11.3 Å². The number of carbonyl (C=O) groups is 1. The van der Waals surface area contributed by atoms with Gasteiger partial charge < -0.3 is 5.32 Å². The first-order valence-corrected chi connectivity index (χ1v) is 7.72. The third-order valence-corrected chi connectivity index (χ3v) is 3.82. The van der Waals surface area contributed by atoms with Crippen LogP contribution in [0.15, 0.2) is 60.0 Å². The minimum atomic E-state index is -0.336. The first-order valence-electron chi connectivity index (χ1n) is 6.84. The Hall–Kier alpha value is -3.17. The van der Waals surface area contributed by atoms with Crippen LogP contribution < -0.4 is 10.6 Å². The van der Waals surface area contributed by atoms with Gasteiger partial charge in [-0.3, -0.25) is 5.32 Å². The molecular formula is C17H12N4OS. The van der Waals surface area contributed by atoms with Crippen LogP contribution in [-0.2, 0) is 0 Å². The molecule has 0 aliphatic rings. The van der Waals surface area contributed by atoms with Gasteiger partial charge in [-0.2, -0.15) is 5.26 Å².